The molecule has 0 fully saturated rings. The van der Waals surface area contributed by atoms with Crippen molar-refractivity contribution in [1.82, 2.24) is 4.57 Å². The summed E-state index contributed by atoms with van der Waals surface area (Å²) in [4.78, 5) is 0. The van der Waals surface area contributed by atoms with Gasteiger partial charge >= 0.3 is 0 Å². The van der Waals surface area contributed by atoms with Crippen LogP contribution in [-0.2, 0) is 13.2 Å². The Labute approximate surface area is 94.2 Å². The molecular formula is C13H12N2O. The third-order valence-corrected chi connectivity index (χ3v) is 2.52. The maximum Gasteiger partial charge on any atom is 0.0991 e. The molecule has 1 N–H and O–H groups in total. The molecule has 1 heterocycles. The summed E-state index contributed by atoms with van der Waals surface area (Å²) in [7, 11) is 0. The highest BCUT2D eigenvalue weighted by Crippen LogP contribution is 2.09. The molecule has 0 saturated heterocycles. The molecule has 0 saturated carbocycles. The molecule has 1 aromatic carbocycles. The lowest BCUT2D eigenvalue weighted by atomic mass is 10.1. The number of benzene rings is 1. The highest BCUT2D eigenvalue weighted by atomic mass is 16.3. The van der Waals surface area contributed by atoms with Crippen LogP contribution < -0.4 is 0 Å². The van der Waals surface area contributed by atoms with Crippen molar-refractivity contribution >= 4 is 0 Å². The van der Waals surface area contributed by atoms with Crippen molar-refractivity contribution < 1.29 is 5.11 Å². The Kier molecular flexibility index (Phi) is 3.04. The van der Waals surface area contributed by atoms with Crippen molar-refractivity contribution in [2.24, 2.45) is 0 Å². The second-order valence-electron chi connectivity index (χ2n) is 3.59. The van der Waals surface area contributed by atoms with Crippen molar-refractivity contribution in [2.75, 3.05) is 0 Å². The van der Waals surface area contributed by atoms with Crippen molar-refractivity contribution in [1.29, 1.82) is 5.26 Å². The molecule has 1 aromatic heterocycles. The minimum Gasteiger partial charge on any atom is -0.390 e. The Morgan fingerprint density at radius 1 is 1.19 bits per heavy atom. The Morgan fingerprint density at radius 3 is 2.56 bits per heavy atom. The van der Waals surface area contributed by atoms with E-state index < -0.39 is 0 Å². The highest BCUT2D eigenvalue weighted by molar-refractivity contribution is 5.31. The van der Waals surface area contributed by atoms with Crippen molar-refractivity contribution in [3.8, 4) is 6.07 Å². The van der Waals surface area contributed by atoms with E-state index in [0.717, 1.165) is 11.3 Å². The molecule has 0 unspecified atom stereocenters. The van der Waals surface area contributed by atoms with Gasteiger partial charge < -0.3 is 9.67 Å². The van der Waals surface area contributed by atoms with Crippen LogP contribution in [0, 0.1) is 11.3 Å². The lowest BCUT2D eigenvalue weighted by Gasteiger charge is -2.07. The fourth-order valence-corrected chi connectivity index (χ4v) is 1.63. The smallest absolute Gasteiger partial charge is 0.0991 e. The Morgan fingerprint density at radius 2 is 1.94 bits per heavy atom. The zero-order chi connectivity index (χ0) is 11.4. The molecule has 0 atom stereocenters. The fourth-order valence-electron chi connectivity index (χ4n) is 1.63. The fraction of sp³-hybridized carbons (Fsp3) is 0.154. The maximum atomic E-state index is 9.10. The largest absolute Gasteiger partial charge is 0.390 e. The van der Waals surface area contributed by atoms with Crippen LogP contribution >= 0.6 is 0 Å². The predicted molar refractivity (Wildman–Crippen MR) is 60.6 cm³/mol. The van der Waals surface area contributed by atoms with E-state index >= 15 is 0 Å². The predicted octanol–water partition coefficient (Wildman–Crippen LogP) is 1.90. The molecule has 0 spiro atoms. The minimum atomic E-state index is 0.0449. The van der Waals surface area contributed by atoms with E-state index in [1.54, 1.807) is 12.1 Å². The molecule has 80 valence electrons. The number of aliphatic hydroxyl groups is 1. The Balaban J connectivity index is 2.18. The molecular weight excluding hydrogens is 200 g/mol. The van der Waals surface area contributed by atoms with Crippen LogP contribution in [0.3, 0.4) is 0 Å². The van der Waals surface area contributed by atoms with Gasteiger partial charge in [-0.2, -0.15) is 5.26 Å². The molecule has 2 aromatic rings. The molecule has 16 heavy (non-hydrogen) atoms. The van der Waals surface area contributed by atoms with Gasteiger partial charge in [-0.1, -0.05) is 12.1 Å². The average Bonchev–Trinajstić information content (AvgIpc) is 2.77. The maximum absolute atomic E-state index is 9.10. The zero-order valence-electron chi connectivity index (χ0n) is 8.80. The van der Waals surface area contributed by atoms with E-state index in [1.165, 1.54) is 0 Å². The molecule has 0 aliphatic carbocycles. The van der Waals surface area contributed by atoms with Crippen LogP contribution in [0.1, 0.15) is 16.8 Å². The molecule has 0 bridgehead atoms. The molecule has 3 nitrogen and oxygen atoms in total. The zero-order valence-corrected chi connectivity index (χ0v) is 8.80. The lowest BCUT2D eigenvalue weighted by Crippen LogP contribution is -2.02. The number of aromatic nitrogens is 1. The lowest BCUT2D eigenvalue weighted by molar-refractivity contribution is 0.271. The Hall–Kier alpha value is -2.05. The SMILES string of the molecule is N#Cc1ccc(Cn2cccc2CO)cc1. The van der Waals surface area contributed by atoms with Gasteiger partial charge in [-0.15, -0.1) is 0 Å². The van der Waals surface area contributed by atoms with Crippen LogP contribution in [0.15, 0.2) is 42.6 Å². The average molecular weight is 212 g/mol. The summed E-state index contributed by atoms with van der Waals surface area (Å²) >= 11 is 0. The van der Waals surface area contributed by atoms with Gasteiger partial charge in [0.15, 0.2) is 0 Å². The quantitative estimate of drug-likeness (QED) is 0.844. The normalized spacial score (nSPS) is 10.0. The molecule has 0 amide bonds. The minimum absolute atomic E-state index is 0.0449. The first-order valence-electron chi connectivity index (χ1n) is 5.07. The highest BCUT2D eigenvalue weighted by Gasteiger charge is 2.00. The number of hydrogen-bond donors (Lipinski definition) is 1. The summed E-state index contributed by atoms with van der Waals surface area (Å²) in [6, 6.07) is 13.4. The number of rotatable bonds is 3. The first-order valence-corrected chi connectivity index (χ1v) is 5.07. The van der Waals surface area contributed by atoms with Gasteiger partial charge in [-0.3, -0.25) is 0 Å². The van der Waals surface area contributed by atoms with E-state index in [1.807, 2.05) is 35.0 Å². The van der Waals surface area contributed by atoms with Gasteiger partial charge in [0.1, 0.15) is 0 Å². The Bertz CT molecular complexity index is 505. The number of nitriles is 1. The summed E-state index contributed by atoms with van der Waals surface area (Å²) < 4.78 is 1.99. The van der Waals surface area contributed by atoms with Crippen LogP contribution in [0.25, 0.3) is 0 Å². The van der Waals surface area contributed by atoms with Crippen LogP contribution in [0.2, 0.25) is 0 Å². The van der Waals surface area contributed by atoms with E-state index in [-0.39, 0.29) is 6.61 Å². The van der Waals surface area contributed by atoms with E-state index in [4.69, 9.17) is 10.4 Å². The number of nitrogens with zero attached hydrogens (tertiary/aromatic N) is 2. The van der Waals surface area contributed by atoms with E-state index in [2.05, 4.69) is 6.07 Å². The van der Waals surface area contributed by atoms with Gasteiger partial charge in [0, 0.05) is 18.4 Å². The molecule has 0 aliphatic heterocycles. The summed E-state index contributed by atoms with van der Waals surface area (Å²) in [5.74, 6) is 0. The summed E-state index contributed by atoms with van der Waals surface area (Å²) in [5, 5.41) is 17.8. The van der Waals surface area contributed by atoms with Crippen LogP contribution in [0.5, 0.6) is 0 Å². The molecule has 0 aliphatic rings. The molecule has 0 radical (unpaired) electrons. The van der Waals surface area contributed by atoms with Crippen LogP contribution in [-0.4, -0.2) is 9.67 Å². The number of aliphatic hydroxyl groups excluding tert-OH is 1. The first kappa shape index (κ1) is 10.5. The van der Waals surface area contributed by atoms with Crippen LogP contribution in [0.4, 0.5) is 0 Å². The van der Waals surface area contributed by atoms with Gasteiger partial charge in [-0.05, 0) is 29.8 Å². The van der Waals surface area contributed by atoms with Crippen molar-refractivity contribution in [3.63, 3.8) is 0 Å². The van der Waals surface area contributed by atoms with Gasteiger partial charge in [-0.25, -0.2) is 0 Å². The van der Waals surface area contributed by atoms with Gasteiger partial charge in [0.05, 0.1) is 18.2 Å². The summed E-state index contributed by atoms with van der Waals surface area (Å²) in [6.07, 6.45) is 1.93. The summed E-state index contributed by atoms with van der Waals surface area (Å²) in [6.45, 7) is 0.762. The molecule has 2 rings (SSSR count). The van der Waals surface area contributed by atoms with Crippen molar-refractivity contribution in [2.45, 2.75) is 13.2 Å². The standard InChI is InChI=1S/C13H12N2O/c14-8-11-3-5-12(6-4-11)9-15-7-1-2-13(15)10-16/h1-7,16H,9-10H2. The second-order valence-corrected chi connectivity index (χ2v) is 3.59. The van der Waals surface area contributed by atoms with Gasteiger partial charge in [0.25, 0.3) is 0 Å². The van der Waals surface area contributed by atoms with E-state index in [0.29, 0.717) is 12.1 Å². The monoisotopic (exact) mass is 212 g/mol. The van der Waals surface area contributed by atoms with Crippen molar-refractivity contribution in [3.05, 3.63) is 59.4 Å². The van der Waals surface area contributed by atoms with E-state index in [9.17, 15) is 0 Å². The second kappa shape index (κ2) is 4.65. The number of hydrogen-bond acceptors (Lipinski definition) is 2. The topological polar surface area (TPSA) is 49.0 Å². The summed E-state index contributed by atoms with van der Waals surface area (Å²) in [5.41, 5.74) is 2.67. The first-order chi connectivity index (χ1) is 7.83. The third-order valence-electron chi connectivity index (χ3n) is 2.52. The third kappa shape index (κ3) is 2.13. The van der Waals surface area contributed by atoms with Gasteiger partial charge in [0.2, 0.25) is 0 Å². The molecule has 3 heteroatoms.